The molecule has 2 heterocycles. The number of hydrogen-bond donors (Lipinski definition) is 1. The Morgan fingerprint density at radius 2 is 1.95 bits per heavy atom. The van der Waals surface area contributed by atoms with Gasteiger partial charge in [0.2, 0.25) is 0 Å². The molecule has 0 aliphatic carbocycles. The minimum absolute atomic E-state index is 0.377. The molecule has 20 heavy (non-hydrogen) atoms. The van der Waals surface area contributed by atoms with Crippen molar-refractivity contribution in [1.29, 1.82) is 0 Å². The number of hydrogen-bond acceptors (Lipinski definition) is 4. The van der Waals surface area contributed by atoms with E-state index in [-0.39, 0.29) is 0 Å². The van der Waals surface area contributed by atoms with Crippen LogP contribution in [0.25, 0.3) is 5.65 Å². The molecule has 0 aliphatic rings. The number of anilines is 1. The van der Waals surface area contributed by atoms with Gasteiger partial charge in [-0.2, -0.15) is 5.10 Å². The molecule has 0 atom stereocenters. The van der Waals surface area contributed by atoms with Crippen molar-refractivity contribution < 1.29 is 0 Å². The van der Waals surface area contributed by atoms with Crippen molar-refractivity contribution in [2.45, 2.75) is 26.3 Å². The largest absolute Gasteiger partial charge is 0.363 e. The maximum atomic E-state index is 4.43. The average molecular weight is 267 g/mol. The van der Waals surface area contributed by atoms with Gasteiger partial charge in [-0.1, -0.05) is 44.2 Å². The Balaban J connectivity index is 1.89. The fourth-order valence-electron chi connectivity index (χ4n) is 2.13. The van der Waals surface area contributed by atoms with E-state index in [1.807, 2.05) is 28.9 Å². The van der Waals surface area contributed by atoms with E-state index in [2.05, 4.69) is 46.4 Å². The highest BCUT2D eigenvalue weighted by atomic mass is 15.3. The van der Waals surface area contributed by atoms with Crippen LogP contribution in [0, 0.1) is 0 Å². The minimum atomic E-state index is 0.377. The molecule has 2 aromatic heterocycles. The van der Waals surface area contributed by atoms with Crippen LogP contribution in [0.15, 0.2) is 42.9 Å². The third kappa shape index (κ3) is 2.34. The topological polar surface area (TPSA) is 55.1 Å². The second-order valence-electron chi connectivity index (χ2n) is 5.02. The number of nitrogens with one attached hydrogen (secondary N) is 1. The zero-order valence-electron chi connectivity index (χ0n) is 11.6. The number of nitrogens with zero attached hydrogens (tertiary/aromatic N) is 4. The van der Waals surface area contributed by atoms with Crippen molar-refractivity contribution in [1.82, 2.24) is 19.6 Å². The number of rotatable bonds is 4. The molecule has 1 N–H and O–H groups in total. The standard InChI is InChI=1S/C15H17N5/c1-11(2)13-9-17-15-14(18-10-19-20(13)15)16-8-12-6-4-3-5-7-12/h3-7,9-11H,8H2,1-2H3,(H,16,18,19). The van der Waals surface area contributed by atoms with Crippen LogP contribution in [0.4, 0.5) is 5.82 Å². The Morgan fingerprint density at radius 1 is 1.15 bits per heavy atom. The Labute approximate surface area is 117 Å². The number of imidazole rings is 1. The molecule has 0 spiro atoms. The fraction of sp³-hybridized carbons (Fsp3) is 0.267. The Bertz CT molecular complexity index is 703. The first-order valence-electron chi connectivity index (χ1n) is 6.72. The third-order valence-electron chi connectivity index (χ3n) is 3.22. The first-order chi connectivity index (χ1) is 9.75. The summed E-state index contributed by atoms with van der Waals surface area (Å²) in [5, 5.41) is 7.60. The molecular weight excluding hydrogens is 250 g/mol. The van der Waals surface area contributed by atoms with Gasteiger partial charge in [-0.25, -0.2) is 14.5 Å². The minimum Gasteiger partial charge on any atom is -0.363 e. The highest BCUT2D eigenvalue weighted by Gasteiger charge is 2.11. The van der Waals surface area contributed by atoms with Crippen molar-refractivity contribution in [3.05, 3.63) is 54.1 Å². The molecule has 3 aromatic rings. The van der Waals surface area contributed by atoms with Crippen LogP contribution in [-0.2, 0) is 6.54 Å². The van der Waals surface area contributed by atoms with E-state index >= 15 is 0 Å². The summed E-state index contributed by atoms with van der Waals surface area (Å²) in [7, 11) is 0. The van der Waals surface area contributed by atoms with Crippen molar-refractivity contribution in [2.75, 3.05) is 5.32 Å². The third-order valence-corrected chi connectivity index (χ3v) is 3.22. The molecule has 5 nitrogen and oxygen atoms in total. The fourth-order valence-corrected chi connectivity index (χ4v) is 2.13. The Hall–Kier alpha value is -2.43. The van der Waals surface area contributed by atoms with E-state index in [9.17, 15) is 0 Å². The van der Waals surface area contributed by atoms with Crippen molar-refractivity contribution in [3.63, 3.8) is 0 Å². The van der Waals surface area contributed by atoms with Crippen LogP contribution in [0.1, 0.15) is 31.0 Å². The van der Waals surface area contributed by atoms with E-state index in [0.717, 1.165) is 23.7 Å². The van der Waals surface area contributed by atoms with E-state index in [0.29, 0.717) is 5.92 Å². The van der Waals surface area contributed by atoms with Gasteiger partial charge in [0.1, 0.15) is 6.33 Å². The second kappa shape index (κ2) is 5.28. The molecule has 0 fully saturated rings. The summed E-state index contributed by atoms with van der Waals surface area (Å²) < 4.78 is 1.85. The molecule has 0 amide bonds. The number of fused-ring (bicyclic) bond motifs is 1. The van der Waals surface area contributed by atoms with E-state index in [1.165, 1.54) is 5.56 Å². The van der Waals surface area contributed by atoms with Crippen LogP contribution in [-0.4, -0.2) is 19.6 Å². The Kier molecular flexibility index (Phi) is 3.33. The van der Waals surface area contributed by atoms with Crippen molar-refractivity contribution in [2.24, 2.45) is 0 Å². The molecule has 3 rings (SSSR count). The van der Waals surface area contributed by atoms with Crippen LogP contribution >= 0.6 is 0 Å². The van der Waals surface area contributed by atoms with Crippen LogP contribution < -0.4 is 5.32 Å². The summed E-state index contributed by atoms with van der Waals surface area (Å²) in [5.74, 6) is 1.14. The molecule has 0 aliphatic heterocycles. The highest BCUT2D eigenvalue weighted by Crippen LogP contribution is 2.19. The van der Waals surface area contributed by atoms with E-state index < -0.39 is 0 Å². The van der Waals surface area contributed by atoms with Gasteiger partial charge in [-0.05, 0) is 11.5 Å². The van der Waals surface area contributed by atoms with Gasteiger partial charge >= 0.3 is 0 Å². The van der Waals surface area contributed by atoms with Gasteiger partial charge in [0.15, 0.2) is 11.5 Å². The van der Waals surface area contributed by atoms with Gasteiger partial charge < -0.3 is 5.32 Å². The molecule has 102 valence electrons. The van der Waals surface area contributed by atoms with Crippen molar-refractivity contribution in [3.8, 4) is 0 Å². The zero-order valence-corrected chi connectivity index (χ0v) is 11.6. The lowest BCUT2D eigenvalue weighted by Crippen LogP contribution is -2.06. The van der Waals surface area contributed by atoms with Gasteiger partial charge in [-0.15, -0.1) is 0 Å². The summed E-state index contributed by atoms with van der Waals surface area (Å²) in [6.07, 6.45) is 3.43. The second-order valence-corrected chi connectivity index (χ2v) is 5.02. The van der Waals surface area contributed by atoms with Crippen LogP contribution in [0.2, 0.25) is 0 Å². The summed E-state index contributed by atoms with van der Waals surface area (Å²) in [5.41, 5.74) is 3.07. The first-order valence-corrected chi connectivity index (χ1v) is 6.72. The molecule has 0 saturated heterocycles. The van der Waals surface area contributed by atoms with Gasteiger partial charge in [0.05, 0.1) is 11.9 Å². The molecule has 0 radical (unpaired) electrons. The lowest BCUT2D eigenvalue weighted by atomic mass is 10.2. The van der Waals surface area contributed by atoms with Gasteiger partial charge in [-0.3, -0.25) is 0 Å². The van der Waals surface area contributed by atoms with E-state index in [4.69, 9.17) is 0 Å². The maximum absolute atomic E-state index is 4.43. The maximum Gasteiger partial charge on any atom is 0.197 e. The molecule has 0 bridgehead atoms. The first kappa shape index (κ1) is 12.6. The molecular formula is C15H17N5. The highest BCUT2D eigenvalue weighted by molar-refractivity contribution is 5.62. The Morgan fingerprint density at radius 3 is 2.70 bits per heavy atom. The smallest absolute Gasteiger partial charge is 0.197 e. The quantitative estimate of drug-likeness (QED) is 0.789. The average Bonchev–Trinajstić information content (AvgIpc) is 2.91. The van der Waals surface area contributed by atoms with E-state index in [1.54, 1.807) is 6.33 Å². The normalized spacial score (nSPS) is 11.2. The zero-order chi connectivity index (χ0) is 13.9. The van der Waals surface area contributed by atoms with Crippen molar-refractivity contribution >= 4 is 11.5 Å². The summed E-state index contributed by atoms with van der Waals surface area (Å²) in [6, 6.07) is 10.2. The predicted octanol–water partition coefficient (Wildman–Crippen LogP) is 2.86. The summed E-state index contributed by atoms with van der Waals surface area (Å²) in [6.45, 7) is 4.97. The SMILES string of the molecule is CC(C)c1cnc2c(NCc3ccccc3)ncnn12. The lowest BCUT2D eigenvalue weighted by molar-refractivity contribution is 0.751. The summed E-state index contributed by atoms with van der Waals surface area (Å²) in [4.78, 5) is 8.72. The molecule has 5 heteroatoms. The molecule has 1 aromatic carbocycles. The van der Waals surface area contributed by atoms with Gasteiger partial charge in [0.25, 0.3) is 0 Å². The monoisotopic (exact) mass is 267 g/mol. The van der Waals surface area contributed by atoms with Gasteiger partial charge in [0, 0.05) is 6.54 Å². The molecule has 0 unspecified atom stereocenters. The number of aromatic nitrogens is 4. The van der Waals surface area contributed by atoms with Crippen LogP contribution in [0.3, 0.4) is 0 Å². The summed E-state index contributed by atoms with van der Waals surface area (Å²) >= 11 is 0. The van der Waals surface area contributed by atoms with Crippen LogP contribution in [0.5, 0.6) is 0 Å². The number of benzene rings is 1. The predicted molar refractivity (Wildman–Crippen MR) is 78.6 cm³/mol. The molecule has 0 saturated carbocycles. The lowest BCUT2D eigenvalue weighted by Gasteiger charge is -2.07.